The van der Waals surface area contributed by atoms with E-state index in [1.165, 1.54) is 0 Å². The van der Waals surface area contributed by atoms with E-state index in [1.54, 1.807) is 0 Å². The number of thiazole rings is 1. The highest BCUT2D eigenvalue weighted by Gasteiger charge is 2.08. The second-order valence-corrected chi connectivity index (χ2v) is 3.83. The van der Waals surface area contributed by atoms with Crippen molar-refractivity contribution in [2.24, 2.45) is 0 Å². The molecule has 2 rings (SSSR count). The van der Waals surface area contributed by atoms with Gasteiger partial charge in [-0.15, -0.1) is 0 Å². The van der Waals surface area contributed by atoms with Gasteiger partial charge in [0.2, 0.25) is 6.41 Å². The molecule has 1 aromatic carbocycles. The van der Waals surface area contributed by atoms with Gasteiger partial charge < -0.3 is 10.3 Å². The summed E-state index contributed by atoms with van der Waals surface area (Å²) in [5, 5.41) is 3.04. The molecular weight excluding hydrogens is 212 g/mol. The summed E-state index contributed by atoms with van der Waals surface area (Å²) in [5.74, 6) is 0. The van der Waals surface area contributed by atoms with Gasteiger partial charge in [0.1, 0.15) is 5.00 Å². The Labute approximate surface area is 89.6 Å². The molecule has 4 nitrogen and oxygen atoms in total. The van der Waals surface area contributed by atoms with E-state index in [9.17, 15) is 9.59 Å². The fraction of sp³-hybridized carbons (Fsp3) is 0. The van der Waals surface area contributed by atoms with Crippen LogP contribution in [0.3, 0.4) is 0 Å². The normalized spacial score (nSPS) is 9.87. The van der Waals surface area contributed by atoms with E-state index in [1.807, 2.05) is 30.3 Å². The van der Waals surface area contributed by atoms with Gasteiger partial charge in [-0.25, -0.2) is 0 Å². The van der Waals surface area contributed by atoms with Gasteiger partial charge >= 0.3 is 4.87 Å². The first-order chi connectivity index (χ1) is 7.31. The lowest BCUT2D eigenvalue weighted by Crippen LogP contribution is -1.93. The molecule has 2 aromatic rings. The van der Waals surface area contributed by atoms with Crippen LogP contribution in [0.15, 0.2) is 35.1 Å². The molecule has 15 heavy (non-hydrogen) atoms. The third kappa shape index (κ3) is 1.97. The Morgan fingerprint density at radius 3 is 2.67 bits per heavy atom. The molecule has 76 valence electrons. The van der Waals surface area contributed by atoms with Crippen LogP contribution in [0.4, 0.5) is 5.00 Å². The highest BCUT2D eigenvalue weighted by Crippen LogP contribution is 2.26. The molecular formula is C10H8N2O2S. The fourth-order valence-electron chi connectivity index (χ4n) is 1.29. The maximum atomic E-state index is 11.2. The molecule has 1 aromatic heterocycles. The molecule has 2 N–H and O–H groups in total. The lowest BCUT2D eigenvalue weighted by molar-refractivity contribution is -0.105. The minimum Gasteiger partial charge on any atom is -0.318 e. The molecule has 1 amide bonds. The number of hydrogen-bond donors (Lipinski definition) is 2. The van der Waals surface area contributed by atoms with Gasteiger partial charge in [0.05, 0.1) is 5.69 Å². The van der Waals surface area contributed by atoms with Crippen LogP contribution in [0.5, 0.6) is 0 Å². The minimum atomic E-state index is -0.182. The van der Waals surface area contributed by atoms with E-state index in [-0.39, 0.29) is 4.87 Å². The maximum Gasteiger partial charge on any atom is 0.306 e. The van der Waals surface area contributed by atoms with Crippen molar-refractivity contribution >= 4 is 22.7 Å². The topological polar surface area (TPSA) is 62.0 Å². The van der Waals surface area contributed by atoms with E-state index in [4.69, 9.17) is 0 Å². The second-order valence-electron chi connectivity index (χ2n) is 2.85. The van der Waals surface area contributed by atoms with E-state index < -0.39 is 0 Å². The Hall–Kier alpha value is -1.88. The zero-order chi connectivity index (χ0) is 10.7. The zero-order valence-electron chi connectivity index (χ0n) is 7.69. The van der Waals surface area contributed by atoms with Crippen molar-refractivity contribution in [2.75, 3.05) is 5.32 Å². The monoisotopic (exact) mass is 220 g/mol. The lowest BCUT2D eigenvalue weighted by atomic mass is 10.2. The maximum absolute atomic E-state index is 11.2. The van der Waals surface area contributed by atoms with Crippen LogP contribution in [0.25, 0.3) is 11.3 Å². The Morgan fingerprint density at radius 2 is 2.00 bits per heavy atom. The van der Waals surface area contributed by atoms with E-state index in [0.29, 0.717) is 17.1 Å². The second kappa shape index (κ2) is 4.10. The Kier molecular flexibility index (Phi) is 2.64. The zero-order valence-corrected chi connectivity index (χ0v) is 8.51. The summed E-state index contributed by atoms with van der Waals surface area (Å²) in [4.78, 5) is 24.0. The van der Waals surface area contributed by atoms with E-state index >= 15 is 0 Å². The molecule has 0 saturated heterocycles. The van der Waals surface area contributed by atoms with Crippen LogP contribution < -0.4 is 10.2 Å². The van der Waals surface area contributed by atoms with E-state index in [2.05, 4.69) is 10.3 Å². The summed E-state index contributed by atoms with van der Waals surface area (Å²) in [7, 11) is 0. The van der Waals surface area contributed by atoms with Crippen LogP contribution in [-0.2, 0) is 4.79 Å². The predicted molar refractivity (Wildman–Crippen MR) is 60.1 cm³/mol. The summed E-state index contributed by atoms with van der Waals surface area (Å²) >= 11 is 0.980. The van der Waals surface area contributed by atoms with Crippen molar-refractivity contribution in [3.63, 3.8) is 0 Å². The van der Waals surface area contributed by atoms with Gasteiger partial charge in [0.15, 0.2) is 0 Å². The van der Waals surface area contributed by atoms with Crippen LogP contribution in [0.2, 0.25) is 0 Å². The van der Waals surface area contributed by atoms with Gasteiger partial charge in [-0.3, -0.25) is 9.59 Å². The first kappa shape index (κ1) is 9.67. The molecule has 0 spiro atoms. The summed E-state index contributed by atoms with van der Waals surface area (Å²) in [5.41, 5.74) is 1.53. The number of carbonyl (C=O) groups excluding carboxylic acids is 1. The Morgan fingerprint density at radius 1 is 1.27 bits per heavy atom. The van der Waals surface area contributed by atoms with Crippen molar-refractivity contribution < 1.29 is 4.79 Å². The SMILES string of the molecule is O=CNc1sc(=O)[nH]c1-c1ccccc1. The molecule has 0 radical (unpaired) electrons. The van der Waals surface area contributed by atoms with Gasteiger partial charge in [-0.2, -0.15) is 0 Å². The summed E-state index contributed by atoms with van der Waals surface area (Å²) in [6, 6.07) is 9.37. The molecule has 0 aliphatic rings. The number of rotatable bonds is 3. The molecule has 0 saturated carbocycles. The minimum absolute atomic E-state index is 0.182. The third-order valence-corrected chi connectivity index (χ3v) is 2.71. The first-order valence-electron chi connectivity index (χ1n) is 4.30. The largest absolute Gasteiger partial charge is 0.318 e. The number of nitrogens with one attached hydrogen (secondary N) is 2. The van der Waals surface area contributed by atoms with Gasteiger partial charge in [-0.05, 0) is 0 Å². The number of aromatic amines is 1. The molecule has 0 atom stereocenters. The highest BCUT2D eigenvalue weighted by molar-refractivity contribution is 7.14. The average Bonchev–Trinajstić information content (AvgIpc) is 2.62. The smallest absolute Gasteiger partial charge is 0.306 e. The molecule has 0 aliphatic carbocycles. The number of carbonyl (C=O) groups is 1. The van der Waals surface area contributed by atoms with Crippen LogP contribution >= 0.6 is 11.3 Å². The fourth-order valence-corrected chi connectivity index (χ4v) is 2.01. The molecule has 0 fully saturated rings. The van der Waals surface area contributed by atoms with Crippen molar-refractivity contribution in [1.82, 2.24) is 4.98 Å². The number of H-pyrrole nitrogens is 1. The Balaban J connectivity index is 2.52. The van der Waals surface area contributed by atoms with Crippen LogP contribution in [-0.4, -0.2) is 11.4 Å². The number of hydrogen-bond acceptors (Lipinski definition) is 3. The average molecular weight is 220 g/mol. The van der Waals surface area contributed by atoms with Crippen molar-refractivity contribution in [2.45, 2.75) is 0 Å². The van der Waals surface area contributed by atoms with Gasteiger partial charge in [-0.1, -0.05) is 41.7 Å². The first-order valence-corrected chi connectivity index (χ1v) is 5.11. The van der Waals surface area contributed by atoms with Crippen molar-refractivity contribution in [3.8, 4) is 11.3 Å². The number of anilines is 1. The van der Waals surface area contributed by atoms with Gasteiger partial charge in [0.25, 0.3) is 0 Å². The summed E-state index contributed by atoms with van der Waals surface area (Å²) in [6.07, 6.45) is 0.561. The highest BCUT2D eigenvalue weighted by atomic mass is 32.1. The van der Waals surface area contributed by atoms with Crippen molar-refractivity contribution in [1.29, 1.82) is 0 Å². The van der Waals surface area contributed by atoms with Crippen LogP contribution in [0, 0.1) is 0 Å². The van der Waals surface area contributed by atoms with Gasteiger partial charge in [0, 0.05) is 5.56 Å². The van der Waals surface area contributed by atoms with Crippen LogP contribution in [0.1, 0.15) is 0 Å². The molecule has 0 bridgehead atoms. The molecule has 1 heterocycles. The number of benzene rings is 1. The molecule has 0 unspecified atom stereocenters. The number of amides is 1. The van der Waals surface area contributed by atoms with Crippen molar-refractivity contribution in [3.05, 3.63) is 40.0 Å². The lowest BCUT2D eigenvalue weighted by Gasteiger charge is -2.00. The number of aromatic nitrogens is 1. The third-order valence-electron chi connectivity index (χ3n) is 1.90. The Bertz CT molecular complexity index is 516. The summed E-state index contributed by atoms with van der Waals surface area (Å²) in [6.45, 7) is 0. The molecule has 0 aliphatic heterocycles. The standard InChI is InChI=1S/C10H8N2O2S/c13-6-11-9-8(12-10(14)15-9)7-4-2-1-3-5-7/h1-6H,(H,11,13)(H,12,14). The quantitative estimate of drug-likeness (QED) is 0.773. The predicted octanol–water partition coefficient (Wildman–Crippen LogP) is 1.67. The molecule has 5 heteroatoms. The van der Waals surface area contributed by atoms with E-state index in [0.717, 1.165) is 16.9 Å². The summed E-state index contributed by atoms with van der Waals surface area (Å²) < 4.78 is 0.